The number of halogens is 1. The minimum atomic E-state index is -0.270. The SMILES string of the molecule is CCOC(=O)N1CCC(NC(=O)CCNc2cc(Cl)ccc2C)CC1. The number of aryl methyl sites for hydroxylation is 1. The molecule has 138 valence electrons. The molecule has 1 aliphatic rings. The second-order valence-corrected chi connectivity index (χ2v) is 6.60. The third-order valence-corrected chi connectivity index (χ3v) is 4.49. The quantitative estimate of drug-likeness (QED) is 0.810. The van der Waals surface area contributed by atoms with Gasteiger partial charge in [0, 0.05) is 42.8 Å². The van der Waals surface area contributed by atoms with E-state index in [1.165, 1.54) is 0 Å². The van der Waals surface area contributed by atoms with Gasteiger partial charge in [-0.3, -0.25) is 4.79 Å². The number of hydrogen-bond acceptors (Lipinski definition) is 4. The Morgan fingerprint density at radius 1 is 1.32 bits per heavy atom. The van der Waals surface area contributed by atoms with Crippen LogP contribution in [-0.2, 0) is 9.53 Å². The van der Waals surface area contributed by atoms with E-state index in [1.54, 1.807) is 11.8 Å². The van der Waals surface area contributed by atoms with Gasteiger partial charge >= 0.3 is 6.09 Å². The van der Waals surface area contributed by atoms with Crippen LogP contribution in [0.3, 0.4) is 0 Å². The van der Waals surface area contributed by atoms with Gasteiger partial charge in [-0.05, 0) is 44.4 Å². The van der Waals surface area contributed by atoms with Gasteiger partial charge in [0.2, 0.25) is 5.91 Å². The highest BCUT2D eigenvalue weighted by Crippen LogP contribution is 2.20. The Morgan fingerprint density at radius 3 is 2.72 bits per heavy atom. The zero-order valence-electron chi connectivity index (χ0n) is 14.8. The molecule has 1 aromatic carbocycles. The summed E-state index contributed by atoms with van der Waals surface area (Å²) >= 11 is 5.98. The normalized spacial score (nSPS) is 14.9. The summed E-state index contributed by atoms with van der Waals surface area (Å²) in [4.78, 5) is 25.4. The first-order valence-electron chi connectivity index (χ1n) is 8.70. The fraction of sp³-hybridized carbons (Fsp3) is 0.556. The van der Waals surface area contributed by atoms with Gasteiger partial charge in [0.15, 0.2) is 0 Å². The number of anilines is 1. The third kappa shape index (κ3) is 6.12. The van der Waals surface area contributed by atoms with Crippen molar-refractivity contribution in [2.45, 2.75) is 39.2 Å². The lowest BCUT2D eigenvalue weighted by molar-refractivity contribution is -0.121. The fourth-order valence-electron chi connectivity index (χ4n) is 2.82. The van der Waals surface area contributed by atoms with Gasteiger partial charge in [-0.25, -0.2) is 4.79 Å². The number of carbonyl (C=O) groups is 2. The molecule has 0 radical (unpaired) electrons. The lowest BCUT2D eigenvalue weighted by Gasteiger charge is -2.31. The molecule has 1 aromatic rings. The molecule has 7 heteroatoms. The van der Waals surface area contributed by atoms with E-state index in [4.69, 9.17) is 16.3 Å². The summed E-state index contributed by atoms with van der Waals surface area (Å²) in [6.07, 6.45) is 1.63. The number of nitrogens with one attached hydrogen (secondary N) is 2. The molecule has 0 saturated carbocycles. The minimum Gasteiger partial charge on any atom is -0.450 e. The van der Waals surface area contributed by atoms with Crippen molar-refractivity contribution in [3.63, 3.8) is 0 Å². The van der Waals surface area contributed by atoms with Crippen molar-refractivity contribution < 1.29 is 14.3 Å². The first-order valence-corrected chi connectivity index (χ1v) is 9.08. The summed E-state index contributed by atoms with van der Waals surface area (Å²) in [5.74, 6) is 0.0155. The fourth-order valence-corrected chi connectivity index (χ4v) is 2.99. The smallest absolute Gasteiger partial charge is 0.409 e. The average Bonchev–Trinajstić information content (AvgIpc) is 2.59. The molecular weight excluding hydrogens is 342 g/mol. The molecule has 2 rings (SSSR count). The molecule has 0 bridgehead atoms. The van der Waals surface area contributed by atoms with Crippen molar-refractivity contribution >= 4 is 29.3 Å². The molecule has 2 N–H and O–H groups in total. The number of carbonyl (C=O) groups excluding carboxylic acids is 2. The van der Waals surface area contributed by atoms with Crippen LogP contribution >= 0.6 is 11.6 Å². The molecule has 1 heterocycles. The van der Waals surface area contributed by atoms with Gasteiger partial charge in [0.25, 0.3) is 0 Å². The zero-order valence-corrected chi connectivity index (χ0v) is 15.6. The van der Waals surface area contributed by atoms with Gasteiger partial charge in [-0.2, -0.15) is 0 Å². The van der Waals surface area contributed by atoms with Crippen molar-refractivity contribution in [3.8, 4) is 0 Å². The Kier molecular flexibility index (Phi) is 7.37. The number of hydrogen-bond donors (Lipinski definition) is 2. The van der Waals surface area contributed by atoms with Crippen LogP contribution in [0.25, 0.3) is 0 Å². The van der Waals surface area contributed by atoms with Crippen molar-refractivity contribution in [3.05, 3.63) is 28.8 Å². The number of nitrogens with zero attached hydrogens (tertiary/aromatic N) is 1. The van der Waals surface area contributed by atoms with Crippen LogP contribution < -0.4 is 10.6 Å². The third-order valence-electron chi connectivity index (χ3n) is 4.25. The maximum atomic E-state index is 12.1. The maximum Gasteiger partial charge on any atom is 0.409 e. The number of amides is 2. The average molecular weight is 368 g/mol. The second kappa shape index (κ2) is 9.51. The van der Waals surface area contributed by atoms with Crippen molar-refractivity contribution in [1.82, 2.24) is 10.2 Å². The van der Waals surface area contributed by atoms with Gasteiger partial charge < -0.3 is 20.3 Å². The van der Waals surface area contributed by atoms with Crippen LogP contribution in [0.15, 0.2) is 18.2 Å². The number of benzene rings is 1. The molecule has 0 atom stereocenters. The van der Waals surface area contributed by atoms with E-state index in [9.17, 15) is 9.59 Å². The van der Waals surface area contributed by atoms with E-state index in [2.05, 4.69) is 10.6 Å². The number of piperidine rings is 1. The summed E-state index contributed by atoms with van der Waals surface area (Å²) < 4.78 is 4.99. The van der Waals surface area contributed by atoms with E-state index in [0.29, 0.717) is 37.7 Å². The van der Waals surface area contributed by atoms with E-state index < -0.39 is 0 Å². The number of likely N-dealkylation sites (tertiary alicyclic amines) is 1. The van der Waals surface area contributed by atoms with Crippen molar-refractivity contribution in [2.24, 2.45) is 0 Å². The molecule has 25 heavy (non-hydrogen) atoms. The molecule has 0 unspecified atom stereocenters. The lowest BCUT2D eigenvalue weighted by Crippen LogP contribution is -2.46. The van der Waals surface area contributed by atoms with Crippen LogP contribution in [0.5, 0.6) is 0 Å². The molecule has 6 nitrogen and oxygen atoms in total. The lowest BCUT2D eigenvalue weighted by atomic mass is 10.1. The van der Waals surface area contributed by atoms with Gasteiger partial charge in [-0.15, -0.1) is 0 Å². The first kappa shape index (κ1) is 19.4. The summed E-state index contributed by atoms with van der Waals surface area (Å²) in [5, 5.41) is 6.95. The molecule has 1 aliphatic heterocycles. The topological polar surface area (TPSA) is 70.7 Å². The summed E-state index contributed by atoms with van der Waals surface area (Å²) in [6, 6.07) is 5.77. The van der Waals surface area contributed by atoms with E-state index in [1.807, 2.05) is 25.1 Å². The van der Waals surface area contributed by atoms with Crippen LogP contribution in [0, 0.1) is 6.92 Å². The van der Waals surface area contributed by atoms with Crippen molar-refractivity contribution in [2.75, 3.05) is 31.6 Å². The number of ether oxygens (including phenoxy) is 1. The van der Waals surface area contributed by atoms with Gasteiger partial charge in [0.05, 0.1) is 6.61 Å². The largest absolute Gasteiger partial charge is 0.450 e. The molecule has 0 spiro atoms. The Bertz CT molecular complexity index is 601. The zero-order chi connectivity index (χ0) is 18.2. The first-order chi connectivity index (χ1) is 12.0. The van der Waals surface area contributed by atoms with Crippen LogP contribution in [0.1, 0.15) is 31.7 Å². The second-order valence-electron chi connectivity index (χ2n) is 6.16. The molecular formula is C18H26ClN3O3. The molecule has 0 aliphatic carbocycles. The number of rotatable bonds is 6. The monoisotopic (exact) mass is 367 g/mol. The van der Waals surface area contributed by atoms with E-state index in [-0.39, 0.29) is 18.0 Å². The maximum absolute atomic E-state index is 12.1. The van der Waals surface area contributed by atoms with Gasteiger partial charge in [0.1, 0.15) is 0 Å². The predicted molar refractivity (Wildman–Crippen MR) is 99.1 cm³/mol. The highest BCUT2D eigenvalue weighted by atomic mass is 35.5. The summed E-state index contributed by atoms with van der Waals surface area (Å²) in [7, 11) is 0. The van der Waals surface area contributed by atoms with Gasteiger partial charge in [-0.1, -0.05) is 17.7 Å². The Hall–Kier alpha value is -1.95. The Morgan fingerprint density at radius 2 is 2.04 bits per heavy atom. The van der Waals surface area contributed by atoms with Crippen LogP contribution in [0.4, 0.5) is 10.5 Å². The highest BCUT2D eigenvalue weighted by molar-refractivity contribution is 6.30. The molecule has 2 amide bonds. The standard InChI is InChI=1S/C18H26ClN3O3/c1-3-25-18(24)22-10-7-15(8-11-22)21-17(23)6-9-20-16-12-14(19)5-4-13(16)2/h4-5,12,15,20H,3,6-11H2,1-2H3,(H,21,23). The summed E-state index contributed by atoms with van der Waals surface area (Å²) in [5.41, 5.74) is 2.04. The van der Waals surface area contributed by atoms with E-state index in [0.717, 1.165) is 24.1 Å². The van der Waals surface area contributed by atoms with Crippen LogP contribution in [-0.4, -0.2) is 49.2 Å². The molecule has 0 aromatic heterocycles. The minimum absolute atomic E-state index is 0.0155. The van der Waals surface area contributed by atoms with E-state index >= 15 is 0 Å². The summed E-state index contributed by atoms with van der Waals surface area (Å²) in [6.45, 7) is 5.95. The predicted octanol–water partition coefficient (Wildman–Crippen LogP) is 3.19. The highest BCUT2D eigenvalue weighted by Gasteiger charge is 2.24. The van der Waals surface area contributed by atoms with Crippen LogP contribution in [0.2, 0.25) is 5.02 Å². The molecule has 1 fully saturated rings. The van der Waals surface area contributed by atoms with Crippen molar-refractivity contribution in [1.29, 1.82) is 0 Å². The molecule has 1 saturated heterocycles. The Balaban J connectivity index is 1.67. The Labute approximate surface area is 153 Å².